The maximum atomic E-state index is 13.0. The van der Waals surface area contributed by atoms with Gasteiger partial charge < -0.3 is 9.64 Å². The van der Waals surface area contributed by atoms with Crippen molar-refractivity contribution in [3.63, 3.8) is 0 Å². The van der Waals surface area contributed by atoms with Gasteiger partial charge in [0.2, 0.25) is 10.0 Å². The smallest absolute Gasteiger partial charge is 0.244 e. The molecular formula is C22H22N4O3S2. The van der Waals surface area contributed by atoms with Crippen LogP contribution in [0.4, 0.5) is 5.13 Å². The molecule has 0 radical (unpaired) electrons. The number of ether oxygens (including phenoxy) is 1. The lowest BCUT2D eigenvalue weighted by Gasteiger charge is -2.33. The van der Waals surface area contributed by atoms with Crippen LogP contribution in [0.1, 0.15) is 12.5 Å². The normalized spacial score (nSPS) is 14.9. The number of nitriles is 1. The van der Waals surface area contributed by atoms with Crippen LogP contribution in [-0.2, 0) is 10.0 Å². The molecule has 1 aliphatic rings. The van der Waals surface area contributed by atoms with E-state index in [9.17, 15) is 13.7 Å². The molecule has 4 rings (SSSR count). The highest BCUT2D eigenvalue weighted by atomic mass is 32.2. The van der Waals surface area contributed by atoms with Crippen molar-refractivity contribution in [3.05, 3.63) is 59.5 Å². The van der Waals surface area contributed by atoms with Gasteiger partial charge in [-0.2, -0.15) is 9.57 Å². The molecular weight excluding hydrogens is 432 g/mol. The van der Waals surface area contributed by atoms with E-state index in [1.54, 1.807) is 23.5 Å². The van der Waals surface area contributed by atoms with Crippen LogP contribution in [0.5, 0.6) is 5.75 Å². The van der Waals surface area contributed by atoms with Gasteiger partial charge in [-0.25, -0.2) is 13.4 Å². The molecule has 1 aliphatic heterocycles. The molecule has 160 valence electrons. The van der Waals surface area contributed by atoms with E-state index >= 15 is 0 Å². The number of nitrogens with zero attached hydrogens (tertiary/aromatic N) is 4. The number of benzene rings is 2. The first-order valence-corrected chi connectivity index (χ1v) is 12.3. The molecule has 1 saturated heterocycles. The Labute approximate surface area is 186 Å². The number of piperazine rings is 1. The lowest BCUT2D eigenvalue weighted by molar-refractivity contribution is 0.340. The number of hydrogen-bond acceptors (Lipinski definition) is 7. The van der Waals surface area contributed by atoms with Crippen LogP contribution < -0.4 is 9.64 Å². The first-order valence-electron chi connectivity index (χ1n) is 9.96. The topological polar surface area (TPSA) is 86.5 Å². The Morgan fingerprint density at radius 3 is 2.48 bits per heavy atom. The minimum Gasteiger partial charge on any atom is -0.494 e. The summed E-state index contributed by atoms with van der Waals surface area (Å²) in [5.41, 5.74) is 2.08. The van der Waals surface area contributed by atoms with E-state index in [0.29, 0.717) is 32.8 Å². The Morgan fingerprint density at radius 1 is 1.10 bits per heavy atom. The zero-order chi connectivity index (χ0) is 21.8. The molecule has 9 heteroatoms. The molecule has 0 aliphatic carbocycles. The van der Waals surface area contributed by atoms with E-state index in [0.717, 1.165) is 22.1 Å². The van der Waals surface area contributed by atoms with Crippen molar-refractivity contribution >= 4 is 26.5 Å². The van der Waals surface area contributed by atoms with Crippen LogP contribution >= 0.6 is 11.3 Å². The fourth-order valence-corrected chi connectivity index (χ4v) is 5.93. The van der Waals surface area contributed by atoms with Gasteiger partial charge in [0.25, 0.3) is 0 Å². The molecule has 3 aromatic rings. The molecule has 0 unspecified atom stereocenters. The quantitative estimate of drug-likeness (QED) is 0.566. The van der Waals surface area contributed by atoms with E-state index in [1.165, 1.54) is 16.4 Å². The molecule has 0 atom stereocenters. The number of hydrogen-bond donors (Lipinski definition) is 0. The van der Waals surface area contributed by atoms with Gasteiger partial charge in [-0.3, -0.25) is 0 Å². The van der Waals surface area contributed by atoms with Crippen molar-refractivity contribution in [1.29, 1.82) is 5.26 Å². The highest BCUT2D eigenvalue weighted by Gasteiger charge is 2.31. The molecule has 7 nitrogen and oxygen atoms in total. The lowest BCUT2D eigenvalue weighted by atomic mass is 10.2. The summed E-state index contributed by atoms with van der Waals surface area (Å²) in [6.45, 7) is 4.37. The van der Waals surface area contributed by atoms with Crippen molar-refractivity contribution in [2.24, 2.45) is 0 Å². The summed E-state index contributed by atoms with van der Waals surface area (Å²) >= 11 is 1.55. The van der Waals surface area contributed by atoms with Gasteiger partial charge in [0.1, 0.15) is 11.8 Å². The Kier molecular flexibility index (Phi) is 6.23. The third kappa shape index (κ3) is 4.42. The van der Waals surface area contributed by atoms with Crippen LogP contribution in [0.25, 0.3) is 11.3 Å². The second-order valence-corrected chi connectivity index (χ2v) is 9.71. The predicted octanol–water partition coefficient (Wildman–Crippen LogP) is 3.59. The average Bonchev–Trinajstić information content (AvgIpc) is 3.30. The van der Waals surface area contributed by atoms with E-state index in [-0.39, 0.29) is 10.5 Å². The zero-order valence-electron chi connectivity index (χ0n) is 17.1. The second-order valence-electron chi connectivity index (χ2n) is 6.97. The Bertz CT molecular complexity index is 1190. The number of aromatic nitrogens is 1. The highest BCUT2D eigenvalue weighted by Crippen LogP contribution is 2.30. The molecule has 2 heterocycles. The summed E-state index contributed by atoms with van der Waals surface area (Å²) in [5.74, 6) is 0.831. The summed E-state index contributed by atoms with van der Waals surface area (Å²) in [7, 11) is -3.70. The molecule has 31 heavy (non-hydrogen) atoms. The summed E-state index contributed by atoms with van der Waals surface area (Å²) < 4.78 is 32.9. The minimum absolute atomic E-state index is 0.0676. The van der Waals surface area contributed by atoms with Crippen molar-refractivity contribution < 1.29 is 13.2 Å². The van der Waals surface area contributed by atoms with E-state index in [2.05, 4.69) is 4.90 Å². The number of anilines is 1. The SMILES string of the molecule is CCOc1ccc(-c2csc(N3CCN(S(=O)(=O)c4ccccc4C#N)CC3)n2)cc1. The fourth-order valence-electron chi connectivity index (χ4n) is 3.47. The maximum Gasteiger partial charge on any atom is 0.244 e. The van der Waals surface area contributed by atoms with E-state index in [1.807, 2.05) is 42.6 Å². The second kappa shape index (κ2) is 9.06. The van der Waals surface area contributed by atoms with Crippen molar-refractivity contribution in [2.45, 2.75) is 11.8 Å². The number of rotatable bonds is 6. The van der Waals surface area contributed by atoms with E-state index < -0.39 is 10.0 Å². The van der Waals surface area contributed by atoms with Crippen molar-refractivity contribution in [1.82, 2.24) is 9.29 Å². The Morgan fingerprint density at radius 2 is 1.81 bits per heavy atom. The molecule has 0 amide bonds. The Balaban J connectivity index is 1.44. The lowest BCUT2D eigenvalue weighted by Crippen LogP contribution is -2.48. The van der Waals surface area contributed by atoms with Gasteiger partial charge in [0, 0.05) is 37.1 Å². The van der Waals surface area contributed by atoms with Gasteiger partial charge in [-0.15, -0.1) is 11.3 Å². The molecule has 0 saturated carbocycles. The van der Waals surface area contributed by atoms with Gasteiger partial charge in [0.05, 0.1) is 22.8 Å². The molecule has 2 aromatic carbocycles. The first-order chi connectivity index (χ1) is 15.0. The van der Waals surface area contributed by atoms with E-state index in [4.69, 9.17) is 9.72 Å². The van der Waals surface area contributed by atoms with Gasteiger partial charge in [0.15, 0.2) is 5.13 Å². The molecule has 0 spiro atoms. The molecule has 0 N–H and O–H groups in total. The maximum absolute atomic E-state index is 13.0. The van der Waals surface area contributed by atoms with Crippen molar-refractivity contribution in [3.8, 4) is 23.1 Å². The summed E-state index contributed by atoms with van der Waals surface area (Å²) in [4.78, 5) is 6.91. The van der Waals surface area contributed by atoms with Gasteiger partial charge in [-0.05, 0) is 43.3 Å². The number of sulfonamides is 1. The summed E-state index contributed by atoms with van der Waals surface area (Å²) in [6.07, 6.45) is 0. The van der Waals surface area contributed by atoms with Crippen LogP contribution in [0.2, 0.25) is 0 Å². The Hall–Kier alpha value is -2.93. The highest BCUT2D eigenvalue weighted by molar-refractivity contribution is 7.89. The predicted molar refractivity (Wildman–Crippen MR) is 121 cm³/mol. The monoisotopic (exact) mass is 454 g/mol. The van der Waals surface area contributed by atoms with Crippen LogP contribution in [0, 0.1) is 11.3 Å². The summed E-state index contributed by atoms with van der Waals surface area (Å²) in [6, 6.07) is 16.1. The standard InChI is InChI=1S/C22H22N4O3S2/c1-2-29-19-9-7-17(8-10-19)20-16-30-22(24-20)25-11-13-26(14-12-25)31(27,28)21-6-4-3-5-18(21)15-23/h3-10,16H,2,11-14H2,1H3. The first kappa shape index (κ1) is 21.3. The number of thiazole rings is 1. The zero-order valence-corrected chi connectivity index (χ0v) is 18.7. The molecule has 1 fully saturated rings. The summed E-state index contributed by atoms with van der Waals surface area (Å²) in [5, 5.41) is 12.1. The van der Waals surface area contributed by atoms with Crippen LogP contribution in [0.15, 0.2) is 58.8 Å². The third-order valence-electron chi connectivity index (χ3n) is 5.09. The largest absolute Gasteiger partial charge is 0.494 e. The molecule has 0 bridgehead atoms. The van der Waals surface area contributed by atoms with Crippen LogP contribution in [-0.4, -0.2) is 50.5 Å². The molecule has 1 aromatic heterocycles. The average molecular weight is 455 g/mol. The van der Waals surface area contributed by atoms with Crippen molar-refractivity contribution in [2.75, 3.05) is 37.7 Å². The van der Waals surface area contributed by atoms with Gasteiger partial charge in [-0.1, -0.05) is 12.1 Å². The van der Waals surface area contributed by atoms with Gasteiger partial charge >= 0.3 is 0 Å². The third-order valence-corrected chi connectivity index (χ3v) is 7.95. The van der Waals surface area contributed by atoms with Crippen LogP contribution in [0.3, 0.4) is 0 Å². The minimum atomic E-state index is -3.70. The fraction of sp³-hybridized carbons (Fsp3) is 0.273.